The molecule has 0 unspecified atom stereocenters. The molecule has 0 saturated carbocycles. The molecule has 0 aliphatic heterocycles. The standard InChI is InChI=1S/C7H5N2O2S/c8-5-6-1-3-7(4-2-6)12(9,10)11/h1-4,9H. The van der Waals surface area contributed by atoms with Crippen molar-refractivity contribution in [1.82, 2.24) is 5.14 Å². The lowest BCUT2D eigenvalue weighted by Gasteiger charge is -1.94. The molecule has 1 aromatic carbocycles. The van der Waals surface area contributed by atoms with Gasteiger partial charge in [0.1, 0.15) is 0 Å². The van der Waals surface area contributed by atoms with Crippen LogP contribution in [0.15, 0.2) is 29.2 Å². The van der Waals surface area contributed by atoms with Crippen LogP contribution in [0.4, 0.5) is 0 Å². The number of sulfonamides is 1. The summed E-state index contributed by atoms with van der Waals surface area (Å²) in [5.41, 5.74) is 0.377. The maximum Gasteiger partial charge on any atom is 0.254 e. The van der Waals surface area contributed by atoms with E-state index in [1.807, 2.05) is 6.07 Å². The Bertz CT molecular complexity index is 414. The van der Waals surface area contributed by atoms with E-state index in [1.165, 1.54) is 24.3 Å². The van der Waals surface area contributed by atoms with Crippen molar-refractivity contribution < 1.29 is 8.42 Å². The molecule has 0 amide bonds. The molecule has 0 fully saturated rings. The van der Waals surface area contributed by atoms with Crippen molar-refractivity contribution in [1.29, 1.82) is 5.26 Å². The Morgan fingerprint density at radius 3 is 2.08 bits per heavy atom. The largest absolute Gasteiger partial charge is 0.254 e. The Morgan fingerprint density at radius 1 is 1.25 bits per heavy atom. The molecule has 4 nitrogen and oxygen atoms in total. The van der Waals surface area contributed by atoms with Gasteiger partial charge in [0.15, 0.2) is 0 Å². The minimum absolute atomic E-state index is 0.0958. The lowest BCUT2D eigenvalue weighted by atomic mass is 10.2. The summed E-state index contributed by atoms with van der Waals surface area (Å²) in [5.74, 6) is 0. The van der Waals surface area contributed by atoms with Gasteiger partial charge in [-0.05, 0) is 24.3 Å². The summed E-state index contributed by atoms with van der Waals surface area (Å²) in [6.07, 6.45) is 0. The second kappa shape index (κ2) is 2.93. The lowest BCUT2D eigenvalue weighted by molar-refractivity contribution is 0.596. The number of nitriles is 1. The van der Waals surface area contributed by atoms with E-state index in [1.54, 1.807) is 0 Å². The zero-order valence-corrected chi connectivity index (χ0v) is 6.80. The fourth-order valence-corrected chi connectivity index (χ4v) is 1.20. The zero-order chi connectivity index (χ0) is 9.19. The first kappa shape index (κ1) is 8.71. The van der Waals surface area contributed by atoms with E-state index in [9.17, 15) is 8.42 Å². The summed E-state index contributed by atoms with van der Waals surface area (Å²) in [4.78, 5) is -0.0958. The van der Waals surface area contributed by atoms with Gasteiger partial charge in [0.25, 0.3) is 10.0 Å². The number of nitrogens with one attached hydrogen (secondary N) is 1. The Kier molecular flexibility index (Phi) is 2.13. The first-order valence-electron chi connectivity index (χ1n) is 3.04. The van der Waals surface area contributed by atoms with E-state index in [-0.39, 0.29) is 4.90 Å². The van der Waals surface area contributed by atoms with Crippen molar-refractivity contribution in [3.05, 3.63) is 29.8 Å². The molecule has 0 aromatic heterocycles. The van der Waals surface area contributed by atoms with E-state index >= 15 is 0 Å². The van der Waals surface area contributed by atoms with Gasteiger partial charge in [-0.2, -0.15) is 5.26 Å². The summed E-state index contributed by atoms with van der Waals surface area (Å²) in [6.45, 7) is 0. The van der Waals surface area contributed by atoms with Crippen LogP contribution in [0.3, 0.4) is 0 Å². The van der Waals surface area contributed by atoms with Gasteiger partial charge in [0.05, 0.1) is 16.5 Å². The summed E-state index contributed by atoms with van der Waals surface area (Å²) in [7, 11) is -3.89. The Morgan fingerprint density at radius 2 is 1.75 bits per heavy atom. The molecule has 0 saturated heterocycles. The van der Waals surface area contributed by atoms with Gasteiger partial charge in [0.2, 0.25) is 0 Å². The fourth-order valence-electron chi connectivity index (χ4n) is 0.709. The zero-order valence-electron chi connectivity index (χ0n) is 5.98. The monoisotopic (exact) mass is 181 g/mol. The maximum absolute atomic E-state index is 10.6. The Balaban J connectivity index is 3.20. The lowest BCUT2D eigenvalue weighted by Crippen LogP contribution is -1.99. The van der Waals surface area contributed by atoms with Crippen LogP contribution in [0.5, 0.6) is 0 Å². The molecular formula is C7H5N2O2S. The first-order chi connectivity index (χ1) is 5.54. The molecule has 1 aromatic rings. The number of nitrogens with zero attached hydrogens (tertiary/aromatic N) is 1. The highest BCUT2D eigenvalue weighted by Crippen LogP contribution is 2.08. The van der Waals surface area contributed by atoms with Crippen LogP contribution in [-0.2, 0) is 10.0 Å². The number of hydrogen-bond acceptors (Lipinski definition) is 3. The van der Waals surface area contributed by atoms with E-state index < -0.39 is 10.0 Å². The van der Waals surface area contributed by atoms with Crippen molar-refractivity contribution >= 4 is 10.0 Å². The summed E-state index contributed by atoms with van der Waals surface area (Å²) in [6, 6.07) is 7.05. The Labute approximate surface area is 70.3 Å². The van der Waals surface area contributed by atoms with Gasteiger partial charge in [-0.1, -0.05) is 0 Å². The minimum Gasteiger partial charge on any atom is -0.206 e. The van der Waals surface area contributed by atoms with Gasteiger partial charge in [0, 0.05) is 0 Å². The molecule has 5 heteroatoms. The average Bonchev–Trinajstić information content (AvgIpc) is 2.03. The third-order valence-electron chi connectivity index (χ3n) is 1.29. The molecule has 0 heterocycles. The Hall–Kier alpha value is -1.38. The predicted octanol–water partition coefficient (Wildman–Crippen LogP) is 0.530. The molecule has 61 valence electrons. The SMILES string of the molecule is N#Cc1ccc(S([NH])(=O)=O)cc1. The highest BCUT2D eigenvalue weighted by atomic mass is 32.2. The van der Waals surface area contributed by atoms with Crippen molar-refractivity contribution in [3.63, 3.8) is 0 Å². The van der Waals surface area contributed by atoms with Crippen molar-refractivity contribution in [2.24, 2.45) is 0 Å². The normalized spacial score (nSPS) is 10.7. The maximum atomic E-state index is 10.6. The number of hydrogen-bond donors (Lipinski definition) is 0. The van der Waals surface area contributed by atoms with Crippen LogP contribution < -0.4 is 5.14 Å². The molecule has 0 aliphatic carbocycles. The molecule has 1 rings (SSSR count). The first-order valence-corrected chi connectivity index (χ1v) is 4.52. The molecule has 0 aliphatic rings. The molecule has 1 radical (unpaired) electrons. The minimum atomic E-state index is -3.89. The highest BCUT2D eigenvalue weighted by molar-refractivity contribution is 7.88. The topological polar surface area (TPSA) is 81.7 Å². The van der Waals surface area contributed by atoms with E-state index in [2.05, 4.69) is 0 Å². The number of rotatable bonds is 1. The van der Waals surface area contributed by atoms with Gasteiger partial charge < -0.3 is 0 Å². The van der Waals surface area contributed by atoms with Crippen LogP contribution in [-0.4, -0.2) is 8.42 Å². The van der Waals surface area contributed by atoms with Gasteiger partial charge in [-0.25, -0.2) is 8.42 Å². The van der Waals surface area contributed by atoms with E-state index in [0.29, 0.717) is 5.56 Å². The predicted molar refractivity (Wildman–Crippen MR) is 41.4 cm³/mol. The van der Waals surface area contributed by atoms with Crippen LogP contribution in [0.2, 0.25) is 0 Å². The van der Waals surface area contributed by atoms with Gasteiger partial charge in [-0.3, -0.25) is 0 Å². The third kappa shape index (κ3) is 1.81. The molecule has 1 N–H and O–H groups in total. The van der Waals surface area contributed by atoms with E-state index in [4.69, 9.17) is 10.4 Å². The fraction of sp³-hybridized carbons (Fsp3) is 0. The average molecular weight is 181 g/mol. The molecule has 0 spiro atoms. The molecule has 0 atom stereocenters. The second-order valence-electron chi connectivity index (χ2n) is 2.14. The summed E-state index contributed by atoms with van der Waals surface area (Å²) in [5, 5.41) is 15.1. The van der Waals surface area contributed by atoms with Crippen LogP contribution in [0.25, 0.3) is 0 Å². The van der Waals surface area contributed by atoms with Crippen LogP contribution in [0, 0.1) is 11.3 Å². The van der Waals surface area contributed by atoms with Crippen molar-refractivity contribution in [2.45, 2.75) is 4.90 Å². The second-order valence-corrected chi connectivity index (χ2v) is 3.62. The van der Waals surface area contributed by atoms with Crippen molar-refractivity contribution in [2.75, 3.05) is 0 Å². The summed E-state index contributed by atoms with van der Waals surface area (Å²) < 4.78 is 21.2. The quantitative estimate of drug-likeness (QED) is 0.633. The van der Waals surface area contributed by atoms with Gasteiger partial charge in [-0.15, -0.1) is 5.14 Å². The number of benzene rings is 1. The highest BCUT2D eigenvalue weighted by Gasteiger charge is 2.06. The van der Waals surface area contributed by atoms with Crippen LogP contribution >= 0.6 is 0 Å². The van der Waals surface area contributed by atoms with Crippen LogP contribution in [0.1, 0.15) is 5.56 Å². The summed E-state index contributed by atoms with van der Waals surface area (Å²) >= 11 is 0. The smallest absolute Gasteiger partial charge is 0.206 e. The molecule has 12 heavy (non-hydrogen) atoms. The third-order valence-corrected chi connectivity index (χ3v) is 2.19. The molecule has 0 bridgehead atoms. The van der Waals surface area contributed by atoms with Crippen molar-refractivity contribution in [3.8, 4) is 6.07 Å². The van der Waals surface area contributed by atoms with Gasteiger partial charge >= 0.3 is 0 Å². The molecular weight excluding hydrogens is 176 g/mol. The van der Waals surface area contributed by atoms with E-state index in [0.717, 1.165) is 0 Å².